The highest BCUT2D eigenvalue weighted by molar-refractivity contribution is 5.98. The van der Waals surface area contributed by atoms with E-state index in [0.717, 1.165) is 44.6 Å². The molecule has 1 N–H and O–H groups in total. The second kappa shape index (κ2) is 8.11. The molecule has 126 valence electrons. The minimum atomic E-state index is 0.0532. The van der Waals surface area contributed by atoms with Crippen molar-refractivity contribution in [3.63, 3.8) is 0 Å². The van der Waals surface area contributed by atoms with Crippen LogP contribution in [0.2, 0.25) is 0 Å². The number of hydrogen-bond donors (Lipinski definition) is 1. The minimum Gasteiger partial charge on any atom is -0.369 e. The first kappa shape index (κ1) is 16.7. The third-order valence-corrected chi connectivity index (χ3v) is 4.82. The lowest BCUT2D eigenvalue weighted by atomic mass is 9.89. The fraction of sp³-hybridized carbons (Fsp3) is 0.381. The van der Waals surface area contributed by atoms with Crippen LogP contribution in [0.1, 0.15) is 29.3 Å². The molecular weight excluding hydrogens is 296 g/mol. The highest BCUT2D eigenvalue weighted by Gasteiger charge is 2.19. The van der Waals surface area contributed by atoms with Crippen LogP contribution in [0, 0.1) is 5.92 Å². The van der Waals surface area contributed by atoms with Gasteiger partial charge in [-0.2, -0.15) is 0 Å². The second-order valence-corrected chi connectivity index (χ2v) is 6.44. The maximum atomic E-state index is 12.8. The van der Waals surface area contributed by atoms with Gasteiger partial charge in [0, 0.05) is 43.3 Å². The molecule has 1 unspecified atom stereocenters. The molecule has 3 nitrogen and oxygen atoms in total. The average molecular weight is 322 g/mol. The standard InChI is InChI=1S/C21H26N2O/c1-2-18(16-17-6-4-3-5-7-17)21(24)19-8-10-20(11-9-19)23-14-12-22-13-15-23/h3-11,18,22H,2,12-16H2,1H3. The van der Waals surface area contributed by atoms with Gasteiger partial charge in [0.2, 0.25) is 0 Å². The van der Waals surface area contributed by atoms with E-state index in [2.05, 4.69) is 41.4 Å². The van der Waals surface area contributed by atoms with Crippen LogP contribution in [-0.4, -0.2) is 32.0 Å². The van der Waals surface area contributed by atoms with Crippen molar-refractivity contribution < 1.29 is 4.79 Å². The highest BCUT2D eigenvalue weighted by Crippen LogP contribution is 2.21. The summed E-state index contributed by atoms with van der Waals surface area (Å²) >= 11 is 0. The zero-order valence-corrected chi connectivity index (χ0v) is 14.4. The summed E-state index contributed by atoms with van der Waals surface area (Å²) in [4.78, 5) is 15.2. The maximum absolute atomic E-state index is 12.8. The van der Waals surface area contributed by atoms with Crippen LogP contribution >= 0.6 is 0 Å². The summed E-state index contributed by atoms with van der Waals surface area (Å²) in [5.41, 5.74) is 3.27. The SMILES string of the molecule is CCC(Cc1ccccc1)C(=O)c1ccc(N2CCNCC2)cc1. The topological polar surface area (TPSA) is 32.3 Å². The quantitative estimate of drug-likeness (QED) is 0.826. The fourth-order valence-electron chi connectivity index (χ4n) is 3.32. The van der Waals surface area contributed by atoms with E-state index < -0.39 is 0 Å². The molecular formula is C21H26N2O. The third kappa shape index (κ3) is 4.04. The second-order valence-electron chi connectivity index (χ2n) is 6.44. The Kier molecular flexibility index (Phi) is 5.65. The molecule has 24 heavy (non-hydrogen) atoms. The smallest absolute Gasteiger partial charge is 0.166 e. The van der Waals surface area contributed by atoms with Gasteiger partial charge in [-0.25, -0.2) is 0 Å². The molecule has 1 heterocycles. The van der Waals surface area contributed by atoms with E-state index in [1.165, 1.54) is 11.3 Å². The highest BCUT2D eigenvalue weighted by atomic mass is 16.1. The number of hydrogen-bond acceptors (Lipinski definition) is 3. The molecule has 1 aliphatic heterocycles. The van der Waals surface area contributed by atoms with E-state index in [9.17, 15) is 4.79 Å². The molecule has 0 amide bonds. The van der Waals surface area contributed by atoms with E-state index in [0.29, 0.717) is 0 Å². The van der Waals surface area contributed by atoms with Crippen LogP contribution in [0.5, 0.6) is 0 Å². The normalized spacial score (nSPS) is 16.0. The third-order valence-electron chi connectivity index (χ3n) is 4.82. The molecule has 1 fully saturated rings. The molecule has 1 aliphatic rings. The van der Waals surface area contributed by atoms with Crippen molar-refractivity contribution in [3.05, 3.63) is 65.7 Å². The van der Waals surface area contributed by atoms with Crippen molar-refractivity contribution in [3.8, 4) is 0 Å². The lowest BCUT2D eigenvalue weighted by Crippen LogP contribution is -2.43. The molecule has 2 aromatic rings. The Labute approximate surface area is 144 Å². The van der Waals surface area contributed by atoms with Gasteiger partial charge in [0.1, 0.15) is 0 Å². The van der Waals surface area contributed by atoms with E-state index in [1.807, 2.05) is 30.3 Å². The predicted molar refractivity (Wildman–Crippen MR) is 99.8 cm³/mol. The molecule has 0 radical (unpaired) electrons. The number of anilines is 1. The van der Waals surface area contributed by atoms with E-state index in [4.69, 9.17) is 0 Å². The van der Waals surface area contributed by atoms with Gasteiger partial charge in [-0.1, -0.05) is 37.3 Å². The summed E-state index contributed by atoms with van der Waals surface area (Å²) in [6.45, 7) is 6.20. The van der Waals surface area contributed by atoms with Crippen molar-refractivity contribution in [2.75, 3.05) is 31.1 Å². The number of nitrogens with one attached hydrogen (secondary N) is 1. The Morgan fingerprint density at radius 1 is 1.04 bits per heavy atom. The lowest BCUT2D eigenvalue weighted by molar-refractivity contribution is 0.0916. The van der Waals surface area contributed by atoms with Crippen LogP contribution in [0.15, 0.2) is 54.6 Å². The molecule has 2 aromatic carbocycles. The zero-order valence-electron chi connectivity index (χ0n) is 14.4. The van der Waals surface area contributed by atoms with Gasteiger partial charge in [-0.05, 0) is 42.7 Å². The van der Waals surface area contributed by atoms with Gasteiger partial charge in [-0.15, -0.1) is 0 Å². The van der Waals surface area contributed by atoms with Crippen LogP contribution in [0.3, 0.4) is 0 Å². The van der Waals surface area contributed by atoms with E-state index in [1.54, 1.807) is 0 Å². The fourth-order valence-corrected chi connectivity index (χ4v) is 3.32. The van der Waals surface area contributed by atoms with Crippen LogP contribution < -0.4 is 10.2 Å². The van der Waals surface area contributed by atoms with E-state index in [-0.39, 0.29) is 11.7 Å². The number of carbonyl (C=O) groups excluding carboxylic acids is 1. The van der Waals surface area contributed by atoms with Crippen molar-refractivity contribution in [2.45, 2.75) is 19.8 Å². The lowest BCUT2D eigenvalue weighted by Gasteiger charge is -2.29. The summed E-state index contributed by atoms with van der Waals surface area (Å²) in [6, 6.07) is 18.5. The van der Waals surface area contributed by atoms with Gasteiger partial charge < -0.3 is 10.2 Å². The van der Waals surface area contributed by atoms with Crippen LogP contribution in [-0.2, 0) is 6.42 Å². The monoisotopic (exact) mass is 322 g/mol. The first-order valence-corrected chi connectivity index (χ1v) is 8.92. The van der Waals surface area contributed by atoms with Crippen molar-refractivity contribution in [1.29, 1.82) is 0 Å². The molecule has 3 heteroatoms. The van der Waals surface area contributed by atoms with Crippen LogP contribution in [0.25, 0.3) is 0 Å². The van der Waals surface area contributed by atoms with Crippen molar-refractivity contribution >= 4 is 11.5 Å². The summed E-state index contributed by atoms with van der Waals surface area (Å²) in [6.07, 6.45) is 1.68. The van der Waals surface area contributed by atoms with Gasteiger partial charge in [0.15, 0.2) is 5.78 Å². The first-order valence-electron chi connectivity index (χ1n) is 8.92. The molecule has 0 aliphatic carbocycles. The first-order chi connectivity index (χ1) is 11.8. The Morgan fingerprint density at radius 2 is 1.71 bits per heavy atom. The van der Waals surface area contributed by atoms with Gasteiger partial charge in [-0.3, -0.25) is 4.79 Å². The summed E-state index contributed by atoms with van der Waals surface area (Å²) in [5, 5.41) is 3.36. The summed E-state index contributed by atoms with van der Waals surface area (Å²) in [7, 11) is 0. The van der Waals surface area contributed by atoms with Gasteiger partial charge in [0.25, 0.3) is 0 Å². The minimum absolute atomic E-state index is 0.0532. The average Bonchev–Trinajstić information content (AvgIpc) is 2.67. The van der Waals surface area contributed by atoms with Crippen LogP contribution in [0.4, 0.5) is 5.69 Å². The zero-order chi connectivity index (χ0) is 16.8. The van der Waals surface area contributed by atoms with Gasteiger partial charge >= 0.3 is 0 Å². The Hall–Kier alpha value is -2.13. The maximum Gasteiger partial charge on any atom is 0.166 e. The number of Topliss-reactive ketones (excluding diaryl/α,β-unsaturated/α-hetero) is 1. The Balaban J connectivity index is 1.68. The van der Waals surface area contributed by atoms with Crippen molar-refractivity contribution in [2.24, 2.45) is 5.92 Å². The predicted octanol–water partition coefficient (Wildman–Crippen LogP) is 3.55. The number of ketones is 1. The molecule has 1 saturated heterocycles. The molecule has 3 rings (SSSR count). The largest absolute Gasteiger partial charge is 0.369 e. The number of carbonyl (C=O) groups is 1. The summed E-state index contributed by atoms with van der Waals surface area (Å²) < 4.78 is 0. The molecule has 0 bridgehead atoms. The Morgan fingerprint density at radius 3 is 2.33 bits per heavy atom. The van der Waals surface area contributed by atoms with Crippen molar-refractivity contribution in [1.82, 2.24) is 5.32 Å². The number of rotatable bonds is 6. The number of piperazine rings is 1. The summed E-state index contributed by atoms with van der Waals surface area (Å²) in [5.74, 6) is 0.311. The van der Waals surface area contributed by atoms with E-state index >= 15 is 0 Å². The molecule has 1 atom stereocenters. The number of nitrogens with zero attached hydrogens (tertiary/aromatic N) is 1. The molecule has 0 spiro atoms. The Bertz CT molecular complexity index is 645. The molecule has 0 aromatic heterocycles. The van der Waals surface area contributed by atoms with Gasteiger partial charge in [0.05, 0.1) is 0 Å². The molecule has 0 saturated carbocycles. The number of benzene rings is 2.